The summed E-state index contributed by atoms with van der Waals surface area (Å²) >= 11 is 0. The quantitative estimate of drug-likeness (QED) is 0.858. The van der Waals surface area contributed by atoms with Crippen molar-refractivity contribution < 1.29 is 4.79 Å². The van der Waals surface area contributed by atoms with Crippen molar-refractivity contribution in [1.82, 2.24) is 9.88 Å². The van der Waals surface area contributed by atoms with Crippen LogP contribution in [0.4, 0.5) is 5.82 Å². The van der Waals surface area contributed by atoms with Crippen molar-refractivity contribution in [3.8, 4) is 0 Å². The Balaban J connectivity index is 3.02. The first-order valence-electron chi connectivity index (χ1n) is 6.99. The van der Waals surface area contributed by atoms with Crippen LogP contribution in [0.1, 0.15) is 43.7 Å². The van der Waals surface area contributed by atoms with Gasteiger partial charge in [0, 0.05) is 31.4 Å². The first kappa shape index (κ1) is 15.5. The number of carbonyl (C=O) groups excluding carboxylic acids is 1. The van der Waals surface area contributed by atoms with Gasteiger partial charge in [0.1, 0.15) is 5.82 Å². The summed E-state index contributed by atoms with van der Waals surface area (Å²) in [7, 11) is 1.82. The maximum absolute atomic E-state index is 12.5. The molecule has 0 aliphatic heterocycles. The number of amides is 1. The van der Waals surface area contributed by atoms with Gasteiger partial charge in [-0.1, -0.05) is 20.8 Å². The lowest BCUT2D eigenvalue weighted by molar-refractivity contribution is 0.0745. The van der Waals surface area contributed by atoms with Gasteiger partial charge >= 0.3 is 0 Å². The molecule has 1 N–H and O–H groups in total. The van der Waals surface area contributed by atoms with Crippen LogP contribution in [0, 0.1) is 5.92 Å². The molecule has 1 rings (SSSR count). The minimum atomic E-state index is 0.0878. The molecule has 0 aliphatic rings. The summed E-state index contributed by atoms with van der Waals surface area (Å²) in [6.45, 7) is 9.82. The number of aryl methyl sites for hydroxylation is 1. The Morgan fingerprint density at radius 3 is 2.53 bits per heavy atom. The fourth-order valence-electron chi connectivity index (χ4n) is 2.00. The summed E-state index contributed by atoms with van der Waals surface area (Å²) in [5.41, 5.74) is 1.66. The van der Waals surface area contributed by atoms with Crippen molar-refractivity contribution in [2.24, 2.45) is 5.92 Å². The molecular weight excluding hydrogens is 238 g/mol. The van der Waals surface area contributed by atoms with E-state index in [0.717, 1.165) is 36.6 Å². The SMILES string of the molecule is CCc1cc(C(=O)N(CC)CC(C)C)cc(NC)n1. The highest BCUT2D eigenvalue weighted by Crippen LogP contribution is 2.14. The summed E-state index contributed by atoms with van der Waals surface area (Å²) in [5.74, 6) is 1.31. The van der Waals surface area contributed by atoms with E-state index in [2.05, 4.69) is 24.1 Å². The van der Waals surface area contributed by atoms with Crippen LogP contribution >= 0.6 is 0 Å². The van der Waals surface area contributed by atoms with Crippen LogP contribution in [0.15, 0.2) is 12.1 Å². The van der Waals surface area contributed by atoms with Crippen molar-refractivity contribution in [2.45, 2.75) is 34.1 Å². The number of anilines is 1. The van der Waals surface area contributed by atoms with E-state index in [1.54, 1.807) is 0 Å². The molecule has 1 heterocycles. The van der Waals surface area contributed by atoms with Gasteiger partial charge in [0.25, 0.3) is 5.91 Å². The van der Waals surface area contributed by atoms with E-state index in [9.17, 15) is 4.79 Å². The summed E-state index contributed by atoms with van der Waals surface area (Å²) < 4.78 is 0. The Kier molecular flexibility index (Phi) is 5.80. The Hall–Kier alpha value is -1.58. The average Bonchev–Trinajstić information content (AvgIpc) is 2.42. The maximum Gasteiger partial charge on any atom is 0.254 e. The molecule has 0 aromatic carbocycles. The zero-order valence-electron chi connectivity index (χ0n) is 12.7. The van der Waals surface area contributed by atoms with Gasteiger partial charge in [-0.25, -0.2) is 4.98 Å². The third-order valence-corrected chi connectivity index (χ3v) is 3.00. The molecule has 1 aromatic heterocycles. The van der Waals surface area contributed by atoms with Gasteiger partial charge in [-0.3, -0.25) is 4.79 Å². The molecule has 1 aromatic rings. The molecule has 0 unspecified atom stereocenters. The standard InChI is InChI=1S/C15H25N3O/c1-6-13-8-12(9-14(16-5)17-13)15(19)18(7-2)10-11(3)4/h8-9,11H,6-7,10H2,1-5H3,(H,16,17). The average molecular weight is 263 g/mol. The minimum Gasteiger partial charge on any atom is -0.373 e. The molecule has 0 bridgehead atoms. The number of carbonyl (C=O) groups is 1. The van der Waals surface area contributed by atoms with Crippen LogP contribution in [0.3, 0.4) is 0 Å². The third-order valence-electron chi connectivity index (χ3n) is 3.00. The second-order valence-corrected chi connectivity index (χ2v) is 5.07. The van der Waals surface area contributed by atoms with Crippen LogP contribution in [0.5, 0.6) is 0 Å². The summed E-state index contributed by atoms with van der Waals surface area (Å²) in [6, 6.07) is 3.72. The Labute approximate surface area is 116 Å². The van der Waals surface area contributed by atoms with Crippen LogP contribution in [0.2, 0.25) is 0 Å². The molecule has 0 aliphatic carbocycles. The molecule has 0 saturated carbocycles. The maximum atomic E-state index is 12.5. The Bertz CT molecular complexity index is 407. The number of aromatic nitrogens is 1. The van der Waals surface area contributed by atoms with Crippen molar-refractivity contribution in [1.29, 1.82) is 0 Å². The molecular formula is C15H25N3O. The van der Waals surface area contributed by atoms with Gasteiger partial charge in [0.2, 0.25) is 0 Å². The number of nitrogens with zero attached hydrogens (tertiary/aromatic N) is 2. The second-order valence-electron chi connectivity index (χ2n) is 5.07. The predicted octanol–water partition coefficient (Wildman–Crippen LogP) is 2.80. The fraction of sp³-hybridized carbons (Fsp3) is 0.600. The highest BCUT2D eigenvalue weighted by molar-refractivity contribution is 5.95. The van der Waals surface area contributed by atoms with Crippen LogP contribution < -0.4 is 5.32 Å². The molecule has 4 nitrogen and oxygen atoms in total. The van der Waals surface area contributed by atoms with Crippen LogP contribution in [-0.2, 0) is 6.42 Å². The second kappa shape index (κ2) is 7.12. The first-order chi connectivity index (χ1) is 9.01. The van der Waals surface area contributed by atoms with Gasteiger partial charge in [-0.05, 0) is 31.4 Å². The van der Waals surface area contributed by atoms with E-state index in [0.29, 0.717) is 5.92 Å². The number of hydrogen-bond acceptors (Lipinski definition) is 3. The largest absolute Gasteiger partial charge is 0.373 e. The van der Waals surface area contributed by atoms with Crippen molar-refractivity contribution in [3.05, 3.63) is 23.4 Å². The topological polar surface area (TPSA) is 45.2 Å². The Morgan fingerprint density at radius 2 is 2.05 bits per heavy atom. The summed E-state index contributed by atoms with van der Waals surface area (Å²) in [5, 5.41) is 3.01. The molecule has 106 valence electrons. The van der Waals surface area contributed by atoms with Gasteiger partial charge in [0.05, 0.1) is 0 Å². The van der Waals surface area contributed by atoms with Crippen LogP contribution in [0.25, 0.3) is 0 Å². The highest BCUT2D eigenvalue weighted by Gasteiger charge is 2.16. The molecule has 4 heteroatoms. The van der Waals surface area contributed by atoms with E-state index in [1.165, 1.54) is 0 Å². The van der Waals surface area contributed by atoms with E-state index in [4.69, 9.17) is 0 Å². The highest BCUT2D eigenvalue weighted by atomic mass is 16.2. The van der Waals surface area contributed by atoms with E-state index >= 15 is 0 Å². The third kappa shape index (κ3) is 4.23. The van der Waals surface area contributed by atoms with Crippen molar-refractivity contribution >= 4 is 11.7 Å². The number of rotatable bonds is 6. The van der Waals surface area contributed by atoms with Crippen molar-refractivity contribution in [2.75, 3.05) is 25.5 Å². The van der Waals surface area contributed by atoms with Gasteiger partial charge in [-0.15, -0.1) is 0 Å². The molecule has 0 saturated heterocycles. The lowest BCUT2D eigenvalue weighted by atomic mass is 10.1. The monoisotopic (exact) mass is 263 g/mol. The van der Waals surface area contributed by atoms with Gasteiger partial charge < -0.3 is 10.2 Å². The number of hydrogen-bond donors (Lipinski definition) is 1. The molecule has 0 spiro atoms. The summed E-state index contributed by atoms with van der Waals surface area (Å²) in [4.78, 5) is 18.8. The zero-order valence-corrected chi connectivity index (χ0v) is 12.7. The van der Waals surface area contributed by atoms with E-state index in [1.807, 2.05) is 37.9 Å². The van der Waals surface area contributed by atoms with Gasteiger partial charge in [-0.2, -0.15) is 0 Å². The predicted molar refractivity (Wildman–Crippen MR) is 79.6 cm³/mol. The molecule has 0 radical (unpaired) electrons. The Morgan fingerprint density at radius 1 is 1.37 bits per heavy atom. The molecule has 19 heavy (non-hydrogen) atoms. The minimum absolute atomic E-state index is 0.0878. The first-order valence-corrected chi connectivity index (χ1v) is 6.99. The fourth-order valence-corrected chi connectivity index (χ4v) is 2.00. The van der Waals surface area contributed by atoms with Gasteiger partial charge in [0.15, 0.2) is 0 Å². The molecule has 0 atom stereocenters. The number of nitrogens with one attached hydrogen (secondary N) is 1. The molecule has 0 fully saturated rings. The normalized spacial score (nSPS) is 10.6. The van der Waals surface area contributed by atoms with Crippen LogP contribution in [-0.4, -0.2) is 35.9 Å². The van der Waals surface area contributed by atoms with E-state index < -0.39 is 0 Å². The summed E-state index contributed by atoms with van der Waals surface area (Å²) in [6.07, 6.45) is 0.826. The molecule has 1 amide bonds. The lowest BCUT2D eigenvalue weighted by Gasteiger charge is -2.23. The lowest BCUT2D eigenvalue weighted by Crippen LogP contribution is -2.34. The smallest absolute Gasteiger partial charge is 0.254 e. The zero-order chi connectivity index (χ0) is 14.4. The number of pyridine rings is 1. The van der Waals surface area contributed by atoms with E-state index in [-0.39, 0.29) is 5.91 Å². The van der Waals surface area contributed by atoms with Crippen molar-refractivity contribution in [3.63, 3.8) is 0 Å².